The van der Waals surface area contributed by atoms with Gasteiger partial charge in [0.15, 0.2) is 0 Å². The molecular formula is C43H58O8S. The molecule has 0 fully saturated rings. The first-order chi connectivity index (χ1) is 24.7. The zero-order valence-electron chi connectivity index (χ0n) is 31.8. The van der Waals surface area contributed by atoms with Crippen molar-refractivity contribution in [3.05, 3.63) is 121 Å². The minimum absolute atomic E-state index is 0. The maximum Gasteiger partial charge on any atom is 0.333 e. The number of esters is 2. The van der Waals surface area contributed by atoms with Gasteiger partial charge in [0.05, 0.1) is 40.6 Å². The molecule has 0 aromatic heterocycles. The second kappa shape index (κ2) is 29.8. The lowest BCUT2D eigenvalue weighted by molar-refractivity contribution is -0.139. The number of rotatable bonds is 20. The molecule has 0 saturated carbocycles. The van der Waals surface area contributed by atoms with Crippen molar-refractivity contribution in [1.29, 1.82) is 0 Å². The summed E-state index contributed by atoms with van der Waals surface area (Å²) in [4.78, 5) is 23.2. The normalized spacial score (nSPS) is 10.0. The number of benzene rings is 3. The second-order valence-electron chi connectivity index (χ2n) is 10.9. The molecule has 0 bridgehead atoms. The molecule has 3 aromatic rings. The molecule has 0 heterocycles. The summed E-state index contributed by atoms with van der Waals surface area (Å²) >= 11 is 0. The molecule has 9 heteroatoms. The largest absolute Gasteiger partial charge is 0.497 e. The molecular weight excluding hydrogens is 677 g/mol. The maximum absolute atomic E-state index is 11.9. The van der Waals surface area contributed by atoms with E-state index in [2.05, 4.69) is 13.2 Å². The molecule has 0 aliphatic heterocycles. The van der Waals surface area contributed by atoms with E-state index in [4.69, 9.17) is 28.4 Å². The maximum atomic E-state index is 11.9. The molecule has 0 N–H and O–H groups in total. The second-order valence-corrected chi connectivity index (χ2v) is 10.9. The van der Waals surface area contributed by atoms with Crippen molar-refractivity contribution in [2.24, 2.45) is 0 Å². The Kier molecular flexibility index (Phi) is 27.0. The summed E-state index contributed by atoms with van der Waals surface area (Å²) in [5, 5.41) is 0. The van der Waals surface area contributed by atoms with E-state index in [1.807, 2.05) is 99.6 Å². The van der Waals surface area contributed by atoms with Gasteiger partial charge in [-0.1, -0.05) is 69.5 Å². The number of hydrogen-bond donors (Lipinski definition) is 0. The molecule has 0 spiro atoms. The Morgan fingerprint density at radius 2 is 1.12 bits per heavy atom. The fourth-order valence-electron chi connectivity index (χ4n) is 4.13. The van der Waals surface area contributed by atoms with Crippen molar-refractivity contribution in [1.82, 2.24) is 0 Å². The Labute approximate surface area is 318 Å². The van der Waals surface area contributed by atoms with Gasteiger partial charge in [0.25, 0.3) is 0 Å². The third-order valence-electron chi connectivity index (χ3n) is 6.88. The van der Waals surface area contributed by atoms with Gasteiger partial charge in [-0.25, -0.2) is 9.59 Å². The summed E-state index contributed by atoms with van der Waals surface area (Å²) in [5.74, 6) is 2.35. The molecule has 0 amide bonds. The van der Waals surface area contributed by atoms with E-state index in [1.54, 1.807) is 33.3 Å². The van der Waals surface area contributed by atoms with Crippen LogP contribution in [0.15, 0.2) is 116 Å². The molecule has 3 rings (SSSR count). The Morgan fingerprint density at radius 1 is 0.635 bits per heavy atom. The third-order valence-corrected chi connectivity index (χ3v) is 6.88. The molecule has 0 aliphatic carbocycles. The van der Waals surface area contributed by atoms with Crippen LogP contribution < -0.4 is 14.2 Å². The van der Waals surface area contributed by atoms with E-state index in [-0.39, 0.29) is 32.0 Å². The molecule has 0 aliphatic rings. The van der Waals surface area contributed by atoms with Crippen molar-refractivity contribution in [3.8, 4) is 28.4 Å². The zero-order valence-corrected chi connectivity index (χ0v) is 32.8. The Morgan fingerprint density at radius 3 is 1.58 bits per heavy atom. The number of unbranched alkanes of at least 4 members (excludes halogenated alkanes) is 3. The minimum Gasteiger partial charge on any atom is -0.497 e. The summed E-state index contributed by atoms with van der Waals surface area (Å²) in [6.45, 7) is 16.5. The average molecular weight is 735 g/mol. The molecule has 0 unspecified atom stereocenters. The van der Waals surface area contributed by atoms with Crippen molar-refractivity contribution < 1.29 is 38.0 Å². The third kappa shape index (κ3) is 21.4. The zero-order chi connectivity index (χ0) is 37.7. The van der Waals surface area contributed by atoms with Gasteiger partial charge in [0, 0.05) is 18.1 Å². The molecule has 0 radical (unpaired) electrons. The van der Waals surface area contributed by atoms with Crippen molar-refractivity contribution in [2.45, 2.75) is 59.8 Å². The predicted octanol–water partition coefficient (Wildman–Crippen LogP) is 10.3. The van der Waals surface area contributed by atoms with E-state index < -0.39 is 0 Å². The lowest BCUT2D eigenvalue weighted by Gasteiger charge is -2.09. The van der Waals surface area contributed by atoms with Crippen molar-refractivity contribution in [2.75, 3.05) is 40.6 Å². The van der Waals surface area contributed by atoms with Gasteiger partial charge in [0.2, 0.25) is 0 Å². The highest BCUT2D eigenvalue weighted by molar-refractivity contribution is 7.59. The van der Waals surface area contributed by atoms with Gasteiger partial charge in [-0.3, -0.25) is 0 Å². The molecule has 52 heavy (non-hydrogen) atoms. The van der Waals surface area contributed by atoms with E-state index in [9.17, 15) is 9.59 Å². The smallest absolute Gasteiger partial charge is 0.333 e. The van der Waals surface area contributed by atoms with Gasteiger partial charge in [-0.15, -0.1) is 0 Å². The number of carbonyl (C=O) groups excluding carboxylic acids is 2. The average Bonchev–Trinajstić information content (AvgIpc) is 3.16. The topological polar surface area (TPSA) is 89.5 Å². The summed E-state index contributed by atoms with van der Waals surface area (Å²) in [7, 11) is 3.21. The van der Waals surface area contributed by atoms with E-state index in [1.165, 1.54) is 6.08 Å². The first-order valence-electron chi connectivity index (χ1n) is 17.4. The van der Waals surface area contributed by atoms with Crippen LogP contribution in [0.3, 0.4) is 0 Å². The molecule has 0 atom stereocenters. The summed E-state index contributed by atoms with van der Waals surface area (Å²) in [6.07, 6.45) is 11.2. The summed E-state index contributed by atoms with van der Waals surface area (Å²) in [6, 6.07) is 23.3. The number of methoxy groups -OCH3 is 2. The standard InChI is InChI=1S/C35H40O7.C6H10O.C2H6.H2S/c1-27(2)35(37)42-24-7-5-4-6-23-39-32-18-12-29(13-19-32)30-14-20-33(21-15-30)40-25-8-26-41-34(36)22-11-28-9-16-31(38-3)17-10-28;1-4-5-6(2)7-3;1-2;/h9-22H,1,4-8,23-26H2,2-3H3;4-5H,2H2,1,3H3;1-2H3;1H2/b22-11+;5-4-;;. The Hall–Kier alpha value is -4.89. The monoisotopic (exact) mass is 734 g/mol. The van der Waals surface area contributed by atoms with Crippen LogP contribution in [0.1, 0.15) is 65.4 Å². The van der Waals surface area contributed by atoms with E-state index in [0.717, 1.165) is 59.6 Å². The van der Waals surface area contributed by atoms with Crippen LogP contribution in [0.5, 0.6) is 17.2 Å². The Bertz CT molecular complexity index is 1480. The minimum atomic E-state index is -0.387. The van der Waals surface area contributed by atoms with E-state index in [0.29, 0.717) is 37.6 Å². The Balaban J connectivity index is 0.00000232. The van der Waals surface area contributed by atoms with Crippen LogP contribution in [0.4, 0.5) is 0 Å². The summed E-state index contributed by atoms with van der Waals surface area (Å²) < 4.78 is 31.8. The van der Waals surface area contributed by atoms with Crippen molar-refractivity contribution in [3.63, 3.8) is 0 Å². The molecule has 0 saturated heterocycles. The van der Waals surface area contributed by atoms with Crippen molar-refractivity contribution >= 4 is 31.5 Å². The van der Waals surface area contributed by atoms with Gasteiger partial charge < -0.3 is 28.4 Å². The summed E-state index contributed by atoms with van der Waals surface area (Å²) in [5.41, 5.74) is 3.50. The quantitative estimate of drug-likeness (QED) is 0.0373. The van der Waals surface area contributed by atoms with Crippen LogP contribution >= 0.6 is 13.5 Å². The number of ether oxygens (including phenoxy) is 6. The van der Waals surface area contributed by atoms with Gasteiger partial charge >= 0.3 is 11.9 Å². The van der Waals surface area contributed by atoms with Crippen LogP contribution in [0.2, 0.25) is 0 Å². The first-order valence-corrected chi connectivity index (χ1v) is 17.4. The predicted molar refractivity (Wildman–Crippen MR) is 217 cm³/mol. The SMILES string of the molecule is C=C(/C=C\C)OC.C=C(C)C(=O)OCCCCCCOc1ccc(-c2ccc(OCCCOC(=O)/C=C/c3ccc(OC)cc3)cc2)cc1.CC.S. The molecule has 3 aromatic carbocycles. The van der Waals surface area contributed by atoms with Gasteiger partial charge in [0.1, 0.15) is 23.0 Å². The highest BCUT2D eigenvalue weighted by atomic mass is 32.1. The molecule has 284 valence electrons. The van der Waals surface area contributed by atoms with Crippen LogP contribution in [0, 0.1) is 0 Å². The first kappa shape index (κ1) is 47.1. The number of allylic oxidation sites excluding steroid dienone is 2. The molecule has 8 nitrogen and oxygen atoms in total. The highest BCUT2D eigenvalue weighted by Crippen LogP contribution is 2.25. The van der Waals surface area contributed by atoms with Crippen LogP contribution in [0.25, 0.3) is 17.2 Å². The van der Waals surface area contributed by atoms with Crippen LogP contribution in [-0.2, 0) is 23.8 Å². The van der Waals surface area contributed by atoms with Gasteiger partial charge in [-0.05, 0) is 105 Å². The highest BCUT2D eigenvalue weighted by Gasteiger charge is 2.04. The lowest BCUT2D eigenvalue weighted by Crippen LogP contribution is -2.06. The van der Waals surface area contributed by atoms with Gasteiger partial charge in [-0.2, -0.15) is 13.5 Å². The number of hydrogen-bond acceptors (Lipinski definition) is 8. The fraction of sp³-hybridized carbons (Fsp3) is 0.349. The number of carbonyl (C=O) groups is 2. The van der Waals surface area contributed by atoms with Crippen LogP contribution in [-0.4, -0.2) is 52.6 Å². The lowest BCUT2D eigenvalue weighted by atomic mass is 10.1. The fourth-order valence-corrected chi connectivity index (χ4v) is 4.13. The van der Waals surface area contributed by atoms with E-state index >= 15 is 0 Å².